The second-order valence-corrected chi connectivity index (χ2v) is 7.76. The Kier molecular flexibility index (Phi) is 4.19. The molecule has 0 bridgehead atoms. The number of fused-ring (bicyclic) bond motifs is 1. The molecule has 1 N–H and O–H groups in total. The van der Waals surface area contributed by atoms with Gasteiger partial charge in [-0.3, -0.25) is 0 Å². The lowest BCUT2D eigenvalue weighted by molar-refractivity contribution is 0.317. The first-order chi connectivity index (χ1) is 10.1. The van der Waals surface area contributed by atoms with Crippen molar-refractivity contribution in [2.45, 2.75) is 18.2 Å². The first-order valence-corrected chi connectivity index (χ1v) is 8.99. The molecule has 2 aliphatic rings. The summed E-state index contributed by atoms with van der Waals surface area (Å²) in [5, 5.41) is 3.33. The molecule has 2 saturated heterocycles. The third-order valence-corrected chi connectivity index (χ3v) is 6.14. The molecule has 1 aromatic carbocycles. The smallest absolute Gasteiger partial charge is 0.243 e. The van der Waals surface area contributed by atoms with Gasteiger partial charge in [0.2, 0.25) is 10.0 Å². The van der Waals surface area contributed by atoms with E-state index in [4.69, 9.17) is 4.74 Å². The van der Waals surface area contributed by atoms with Crippen molar-refractivity contribution < 1.29 is 13.2 Å². The van der Waals surface area contributed by atoms with E-state index in [9.17, 15) is 8.42 Å². The Morgan fingerprint density at radius 2 is 1.81 bits per heavy atom. The van der Waals surface area contributed by atoms with E-state index in [-0.39, 0.29) is 0 Å². The van der Waals surface area contributed by atoms with E-state index in [0.29, 0.717) is 36.4 Å². The predicted molar refractivity (Wildman–Crippen MR) is 80.8 cm³/mol. The average molecular weight is 310 g/mol. The molecular weight excluding hydrogens is 288 g/mol. The standard InChI is InChI=1S/C15H22N2O3S/c1-2-7-20-14-3-5-15(6-4-14)21(18,19)17-10-12-8-16-9-13(12)11-17/h3-6,12-13,16H,2,7-11H2,1H3. The van der Waals surface area contributed by atoms with Gasteiger partial charge in [-0.1, -0.05) is 6.92 Å². The van der Waals surface area contributed by atoms with Gasteiger partial charge in [-0.2, -0.15) is 4.31 Å². The van der Waals surface area contributed by atoms with E-state index in [1.807, 2.05) is 6.92 Å². The van der Waals surface area contributed by atoms with Crippen molar-refractivity contribution in [2.24, 2.45) is 11.8 Å². The Labute approximate surface area is 126 Å². The van der Waals surface area contributed by atoms with E-state index in [0.717, 1.165) is 25.3 Å². The minimum Gasteiger partial charge on any atom is -0.494 e. The molecule has 6 heteroatoms. The lowest BCUT2D eigenvalue weighted by Gasteiger charge is -2.17. The number of benzene rings is 1. The maximum absolute atomic E-state index is 12.7. The molecule has 3 rings (SSSR count). The summed E-state index contributed by atoms with van der Waals surface area (Å²) >= 11 is 0. The van der Waals surface area contributed by atoms with Crippen LogP contribution in [0.15, 0.2) is 29.2 Å². The van der Waals surface area contributed by atoms with Gasteiger partial charge in [-0.05, 0) is 55.6 Å². The SMILES string of the molecule is CCCOc1ccc(S(=O)(=O)N2CC3CNCC3C2)cc1. The van der Waals surface area contributed by atoms with E-state index in [2.05, 4.69) is 5.32 Å². The molecule has 0 saturated carbocycles. The zero-order valence-electron chi connectivity index (χ0n) is 12.3. The largest absolute Gasteiger partial charge is 0.494 e. The number of nitrogens with one attached hydrogen (secondary N) is 1. The Morgan fingerprint density at radius 3 is 2.38 bits per heavy atom. The van der Waals surface area contributed by atoms with Crippen LogP contribution in [0, 0.1) is 11.8 Å². The van der Waals surface area contributed by atoms with Crippen molar-refractivity contribution in [3.63, 3.8) is 0 Å². The maximum atomic E-state index is 12.7. The molecule has 2 atom stereocenters. The molecule has 0 radical (unpaired) electrons. The summed E-state index contributed by atoms with van der Waals surface area (Å²) in [5.74, 6) is 1.65. The van der Waals surface area contributed by atoms with Crippen LogP contribution in [0.2, 0.25) is 0 Å². The van der Waals surface area contributed by atoms with Crippen LogP contribution in [0.5, 0.6) is 5.75 Å². The minimum absolute atomic E-state index is 0.360. The van der Waals surface area contributed by atoms with Crippen molar-refractivity contribution in [3.05, 3.63) is 24.3 Å². The van der Waals surface area contributed by atoms with Crippen molar-refractivity contribution in [1.29, 1.82) is 0 Å². The van der Waals surface area contributed by atoms with Crippen LogP contribution in [-0.2, 0) is 10.0 Å². The van der Waals surface area contributed by atoms with Crippen LogP contribution in [0.4, 0.5) is 0 Å². The van der Waals surface area contributed by atoms with Crippen LogP contribution in [0.25, 0.3) is 0 Å². The van der Waals surface area contributed by atoms with Crippen molar-refractivity contribution in [2.75, 3.05) is 32.8 Å². The van der Waals surface area contributed by atoms with E-state index >= 15 is 0 Å². The molecule has 0 spiro atoms. The van der Waals surface area contributed by atoms with Gasteiger partial charge in [-0.25, -0.2) is 8.42 Å². The van der Waals surface area contributed by atoms with Crippen molar-refractivity contribution >= 4 is 10.0 Å². The molecule has 2 unspecified atom stereocenters. The molecule has 2 aliphatic heterocycles. The van der Waals surface area contributed by atoms with Crippen LogP contribution in [0.3, 0.4) is 0 Å². The highest BCUT2D eigenvalue weighted by Gasteiger charge is 2.41. The van der Waals surface area contributed by atoms with Gasteiger partial charge in [0, 0.05) is 13.1 Å². The van der Waals surface area contributed by atoms with Gasteiger partial charge >= 0.3 is 0 Å². The molecule has 21 heavy (non-hydrogen) atoms. The number of ether oxygens (including phenoxy) is 1. The lowest BCUT2D eigenvalue weighted by atomic mass is 10.0. The van der Waals surface area contributed by atoms with Gasteiger partial charge in [0.1, 0.15) is 5.75 Å². The molecule has 5 nitrogen and oxygen atoms in total. The Morgan fingerprint density at radius 1 is 1.19 bits per heavy atom. The monoisotopic (exact) mass is 310 g/mol. The fourth-order valence-corrected chi connectivity index (χ4v) is 4.64. The fraction of sp³-hybridized carbons (Fsp3) is 0.600. The fourth-order valence-electron chi connectivity index (χ4n) is 3.09. The molecule has 0 amide bonds. The maximum Gasteiger partial charge on any atom is 0.243 e. The number of hydrogen-bond acceptors (Lipinski definition) is 4. The Hall–Kier alpha value is -1.11. The molecular formula is C15H22N2O3S. The highest BCUT2D eigenvalue weighted by molar-refractivity contribution is 7.89. The number of rotatable bonds is 5. The topological polar surface area (TPSA) is 58.6 Å². The van der Waals surface area contributed by atoms with E-state index in [1.165, 1.54) is 0 Å². The first kappa shape index (κ1) is 14.8. The zero-order valence-corrected chi connectivity index (χ0v) is 13.1. The normalized spacial score (nSPS) is 26.0. The first-order valence-electron chi connectivity index (χ1n) is 7.55. The Bertz CT molecular complexity index is 573. The molecule has 1 aromatic rings. The molecule has 0 aliphatic carbocycles. The van der Waals surface area contributed by atoms with E-state index < -0.39 is 10.0 Å². The van der Waals surface area contributed by atoms with Crippen LogP contribution >= 0.6 is 0 Å². The van der Waals surface area contributed by atoms with Gasteiger partial charge in [0.05, 0.1) is 11.5 Å². The summed E-state index contributed by atoms with van der Waals surface area (Å²) in [5.41, 5.74) is 0. The third-order valence-electron chi connectivity index (χ3n) is 4.29. The minimum atomic E-state index is -3.37. The lowest BCUT2D eigenvalue weighted by Crippen LogP contribution is -2.31. The van der Waals surface area contributed by atoms with Gasteiger partial charge in [0.15, 0.2) is 0 Å². The average Bonchev–Trinajstić information content (AvgIpc) is 3.07. The van der Waals surface area contributed by atoms with Crippen LogP contribution in [-0.4, -0.2) is 45.5 Å². The van der Waals surface area contributed by atoms with Crippen LogP contribution in [0.1, 0.15) is 13.3 Å². The summed E-state index contributed by atoms with van der Waals surface area (Å²) in [7, 11) is -3.37. The summed E-state index contributed by atoms with van der Waals surface area (Å²) in [6.07, 6.45) is 0.935. The van der Waals surface area contributed by atoms with Crippen molar-refractivity contribution in [1.82, 2.24) is 9.62 Å². The molecule has 0 aromatic heterocycles. The summed E-state index contributed by atoms with van der Waals surface area (Å²) in [6, 6.07) is 6.77. The van der Waals surface area contributed by atoms with Gasteiger partial charge in [-0.15, -0.1) is 0 Å². The predicted octanol–water partition coefficient (Wildman–Crippen LogP) is 1.32. The second-order valence-electron chi connectivity index (χ2n) is 5.82. The van der Waals surface area contributed by atoms with Gasteiger partial charge in [0.25, 0.3) is 0 Å². The quantitative estimate of drug-likeness (QED) is 0.891. The number of sulfonamides is 1. The van der Waals surface area contributed by atoms with Crippen molar-refractivity contribution in [3.8, 4) is 5.75 Å². The molecule has 116 valence electrons. The molecule has 2 heterocycles. The summed E-state index contributed by atoms with van der Waals surface area (Å²) in [4.78, 5) is 0.360. The van der Waals surface area contributed by atoms with E-state index in [1.54, 1.807) is 28.6 Å². The number of hydrogen-bond donors (Lipinski definition) is 1. The summed E-state index contributed by atoms with van der Waals surface area (Å²) in [6.45, 7) is 5.82. The summed E-state index contributed by atoms with van der Waals surface area (Å²) < 4.78 is 32.4. The second kappa shape index (κ2) is 5.94. The zero-order chi connectivity index (χ0) is 14.9. The Balaban J connectivity index is 1.73. The highest BCUT2D eigenvalue weighted by Crippen LogP contribution is 2.31. The highest BCUT2D eigenvalue weighted by atomic mass is 32.2. The number of nitrogens with zero attached hydrogens (tertiary/aromatic N) is 1. The van der Waals surface area contributed by atoms with Crippen LogP contribution < -0.4 is 10.1 Å². The van der Waals surface area contributed by atoms with Gasteiger partial charge < -0.3 is 10.1 Å². The molecule has 2 fully saturated rings. The third kappa shape index (κ3) is 2.93.